The molecular formula is C15H15ClN3OS+. The van der Waals surface area contributed by atoms with Crippen LogP contribution in [0.15, 0.2) is 36.4 Å². The number of carbonyl (C=O) groups is 1. The van der Waals surface area contributed by atoms with E-state index in [1.165, 1.54) is 11.3 Å². The van der Waals surface area contributed by atoms with E-state index in [4.69, 9.17) is 16.9 Å². The van der Waals surface area contributed by atoms with Gasteiger partial charge >= 0.3 is 0 Å². The fraction of sp³-hybridized carbons (Fsp3) is 0.200. The van der Waals surface area contributed by atoms with Crippen LogP contribution in [0.25, 0.3) is 0 Å². The number of hydrogen-bond acceptors (Lipinski definition) is 3. The first-order valence-corrected chi connectivity index (χ1v) is 7.62. The smallest absolute Gasteiger partial charge is 0.279 e. The van der Waals surface area contributed by atoms with E-state index in [2.05, 4.69) is 11.4 Å². The zero-order valence-corrected chi connectivity index (χ0v) is 13.1. The Morgan fingerprint density at radius 3 is 2.81 bits per heavy atom. The summed E-state index contributed by atoms with van der Waals surface area (Å²) in [7, 11) is 1.95. The lowest BCUT2D eigenvalue weighted by atomic mass is 10.2. The van der Waals surface area contributed by atoms with E-state index < -0.39 is 0 Å². The lowest BCUT2D eigenvalue weighted by Crippen LogP contribution is -3.08. The number of likely N-dealkylation sites (N-methyl/N-ethyl adjacent to an activating group) is 1. The van der Waals surface area contributed by atoms with Crippen LogP contribution in [0.2, 0.25) is 4.34 Å². The van der Waals surface area contributed by atoms with Crippen LogP contribution in [0.5, 0.6) is 0 Å². The lowest BCUT2D eigenvalue weighted by Gasteiger charge is -2.13. The molecule has 108 valence electrons. The van der Waals surface area contributed by atoms with Crippen molar-refractivity contribution in [2.75, 3.05) is 18.9 Å². The van der Waals surface area contributed by atoms with Crippen molar-refractivity contribution in [1.82, 2.24) is 0 Å². The van der Waals surface area contributed by atoms with Gasteiger partial charge in [0.1, 0.15) is 12.6 Å². The van der Waals surface area contributed by atoms with Crippen LogP contribution in [0.1, 0.15) is 10.4 Å². The van der Waals surface area contributed by atoms with Gasteiger partial charge in [0.15, 0.2) is 6.54 Å². The summed E-state index contributed by atoms with van der Waals surface area (Å²) in [5, 5.41) is 11.8. The van der Waals surface area contributed by atoms with E-state index in [1.54, 1.807) is 24.3 Å². The van der Waals surface area contributed by atoms with Crippen LogP contribution in [0.3, 0.4) is 0 Å². The third-order valence-electron chi connectivity index (χ3n) is 2.89. The van der Waals surface area contributed by atoms with Gasteiger partial charge in [-0.25, -0.2) is 0 Å². The van der Waals surface area contributed by atoms with Crippen LogP contribution in [0, 0.1) is 11.3 Å². The third-order valence-corrected chi connectivity index (χ3v) is 4.12. The fourth-order valence-electron chi connectivity index (χ4n) is 1.96. The third kappa shape index (κ3) is 4.57. The largest absolute Gasteiger partial charge is 0.325 e. The Kier molecular flexibility index (Phi) is 5.34. The quantitative estimate of drug-likeness (QED) is 0.884. The molecule has 1 heterocycles. The van der Waals surface area contributed by atoms with Crippen molar-refractivity contribution in [3.8, 4) is 6.07 Å². The van der Waals surface area contributed by atoms with Crippen LogP contribution >= 0.6 is 22.9 Å². The zero-order valence-electron chi connectivity index (χ0n) is 11.5. The molecule has 0 aliphatic carbocycles. The number of nitrogens with zero attached hydrogens (tertiary/aromatic N) is 1. The van der Waals surface area contributed by atoms with Crippen molar-refractivity contribution in [3.05, 3.63) is 51.2 Å². The maximum atomic E-state index is 12.0. The molecule has 1 aromatic heterocycles. The van der Waals surface area contributed by atoms with E-state index in [9.17, 15) is 4.79 Å². The van der Waals surface area contributed by atoms with Gasteiger partial charge in [0.25, 0.3) is 5.91 Å². The van der Waals surface area contributed by atoms with Crippen molar-refractivity contribution in [2.24, 2.45) is 0 Å². The number of rotatable bonds is 5. The molecule has 0 saturated carbocycles. The number of nitriles is 1. The number of nitrogens with one attached hydrogen (secondary N) is 2. The number of amides is 1. The summed E-state index contributed by atoms with van der Waals surface area (Å²) in [5.74, 6) is -0.113. The van der Waals surface area contributed by atoms with Gasteiger partial charge in [0.05, 0.1) is 27.5 Å². The van der Waals surface area contributed by atoms with Crippen molar-refractivity contribution in [2.45, 2.75) is 6.54 Å². The highest BCUT2D eigenvalue weighted by Crippen LogP contribution is 2.20. The second kappa shape index (κ2) is 7.23. The molecule has 2 N–H and O–H groups in total. The molecule has 2 rings (SSSR count). The summed E-state index contributed by atoms with van der Waals surface area (Å²) in [6, 6.07) is 12.9. The Labute approximate surface area is 132 Å². The number of benzene rings is 1. The molecule has 1 atom stereocenters. The zero-order chi connectivity index (χ0) is 15.2. The van der Waals surface area contributed by atoms with Crippen LogP contribution < -0.4 is 10.2 Å². The fourth-order valence-corrected chi connectivity index (χ4v) is 3.17. The van der Waals surface area contributed by atoms with Crippen molar-refractivity contribution in [3.63, 3.8) is 0 Å². The molecule has 0 saturated heterocycles. The Balaban J connectivity index is 1.91. The molecule has 1 aromatic carbocycles. The topological polar surface area (TPSA) is 57.3 Å². The van der Waals surface area contributed by atoms with Gasteiger partial charge in [0, 0.05) is 0 Å². The summed E-state index contributed by atoms with van der Waals surface area (Å²) >= 11 is 7.41. The van der Waals surface area contributed by atoms with Gasteiger partial charge in [-0.2, -0.15) is 5.26 Å². The maximum absolute atomic E-state index is 12.0. The minimum atomic E-state index is -0.113. The van der Waals surface area contributed by atoms with E-state index in [1.807, 2.05) is 19.2 Å². The Morgan fingerprint density at radius 2 is 2.14 bits per heavy atom. The molecule has 21 heavy (non-hydrogen) atoms. The molecule has 4 nitrogen and oxygen atoms in total. The van der Waals surface area contributed by atoms with Gasteiger partial charge in [-0.1, -0.05) is 23.7 Å². The van der Waals surface area contributed by atoms with Gasteiger partial charge in [-0.3, -0.25) is 4.79 Å². The summed E-state index contributed by atoms with van der Waals surface area (Å²) in [4.78, 5) is 14.2. The molecule has 1 amide bonds. The monoisotopic (exact) mass is 320 g/mol. The highest BCUT2D eigenvalue weighted by Gasteiger charge is 2.13. The molecule has 0 fully saturated rings. The minimum absolute atomic E-state index is 0.113. The molecule has 0 bridgehead atoms. The summed E-state index contributed by atoms with van der Waals surface area (Å²) in [5.41, 5.74) is 1.02. The predicted octanol–water partition coefficient (Wildman–Crippen LogP) is 1.93. The Morgan fingerprint density at radius 1 is 1.38 bits per heavy atom. The average molecular weight is 321 g/mol. The Bertz CT molecular complexity index is 678. The average Bonchev–Trinajstić information content (AvgIpc) is 2.84. The molecular weight excluding hydrogens is 306 g/mol. The first-order valence-electron chi connectivity index (χ1n) is 6.43. The Hall–Kier alpha value is -1.87. The first kappa shape index (κ1) is 15.5. The summed E-state index contributed by atoms with van der Waals surface area (Å²) < 4.78 is 0.755. The number of para-hydroxylation sites is 1. The number of thiophene rings is 1. The number of quaternary nitrogens is 1. The van der Waals surface area contributed by atoms with E-state index in [0.29, 0.717) is 17.8 Å². The van der Waals surface area contributed by atoms with E-state index >= 15 is 0 Å². The van der Waals surface area contributed by atoms with Gasteiger partial charge in [-0.05, 0) is 24.3 Å². The molecule has 1 unspecified atom stereocenters. The normalized spacial score (nSPS) is 11.7. The summed E-state index contributed by atoms with van der Waals surface area (Å²) in [6.45, 7) is 1.07. The van der Waals surface area contributed by atoms with Crippen molar-refractivity contribution < 1.29 is 9.69 Å². The van der Waals surface area contributed by atoms with Crippen molar-refractivity contribution >= 4 is 34.5 Å². The number of anilines is 1. The number of halogens is 1. The van der Waals surface area contributed by atoms with E-state index in [-0.39, 0.29) is 5.91 Å². The van der Waals surface area contributed by atoms with E-state index in [0.717, 1.165) is 20.7 Å². The number of hydrogen-bond donors (Lipinski definition) is 2. The molecule has 6 heteroatoms. The first-order chi connectivity index (χ1) is 10.1. The SMILES string of the molecule is C[NH+](CC(=O)Nc1ccccc1C#N)Cc1ccc(Cl)s1. The van der Waals surface area contributed by atoms with Gasteiger partial charge in [-0.15, -0.1) is 11.3 Å². The maximum Gasteiger partial charge on any atom is 0.279 e. The van der Waals surface area contributed by atoms with Crippen LogP contribution in [0.4, 0.5) is 5.69 Å². The number of carbonyl (C=O) groups excluding carboxylic acids is 1. The molecule has 2 aromatic rings. The lowest BCUT2D eigenvalue weighted by molar-refractivity contribution is -0.884. The van der Waals surface area contributed by atoms with Gasteiger partial charge < -0.3 is 10.2 Å². The molecule has 0 aliphatic heterocycles. The second-order valence-electron chi connectivity index (χ2n) is 4.72. The highest BCUT2D eigenvalue weighted by molar-refractivity contribution is 7.16. The van der Waals surface area contributed by atoms with Crippen LogP contribution in [-0.4, -0.2) is 19.5 Å². The highest BCUT2D eigenvalue weighted by atomic mass is 35.5. The van der Waals surface area contributed by atoms with Crippen LogP contribution in [-0.2, 0) is 11.3 Å². The summed E-state index contributed by atoms with van der Waals surface area (Å²) in [6.07, 6.45) is 0. The van der Waals surface area contributed by atoms with Gasteiger partial charge in [0.2, 0.25) is 0 Å². The molecule has 0 spiro atoms. The second-order valence-corrected chi connectivity index (χ2v) is 6.52. The minimum Gasteiger partial charge on any atom is -0.325 e. The molecule has 0 aliphatic rings. The predicted molar refractivity (Wildman–Crippen MR) is 84.6 cm³/mol. The molecule has 0 radical (unpaired) electrons. The van der Waals surface area contributed by atoms with Crippen molar-refractivity contribution in [1.29, 1.82) is 5.26 Å². The standard InChI is InChI=1S/C15H14ClN3OS/c1-19(9-12-6-7-14(16)21-12)10-15(20)18-13-5-3-2-4-11(13)8-17/h2-7H,9-10H2,1H3,(H,18,20)/p+1.